The van der Waals surface area contributed by atoms with Crippen molar-refractivity contribution in [2.24, 2.45) is 11.8 Å². The molecule has 1 N–H and O–H groups in total. The Hall–Kier alpha value is -3.06. The molecule has 1 fully saturated rings. The van der Waals surface area contributed by atoms with Crippen LogP contribution in [0.25, 0.3) is 0 Å². The number of imide groups is 1. The minimum absolute atomic E-state index is 0.111. The summed E-state index contributed by atoms with van der Waals surface area (Å²) in [4.78, 5) is 39.8. The highest BCUT2D eigenvalue weighted by Gasteiger charge is 2.47. The fraction of sp³-hybridized carbons (Fsp3) is 0.292. The second kappa shape index (κ2) is 9.39. The maximum Gasteiger partial charge on any atom is 0.238 e. The lowest BCUT2D eigenvalue weighted by Crippen LogP contribution is -2.30. The van der Waals surface area contributed by atoms with Crippen LogP contribution in [0.2, 0.25) is 0 Å². The summed E-state index contributed by atoms with van der Waals surface area (Å²) in [5.41, 5.74) is 1.30. The predicted molar refractivity (Wildman–Crippen MR) is 121 cm³/mol. The van der Waals surface area contributed by atoms with Crippen molar-refractivity contribution in [2.75, 3.05) is 22.6 Å². The minimum atomic E-state index is -0.238. The lowest BCUT2D eigenvalue weighted by molar-refractivity contribution is -0.122. The Morgan fingerprint density at radius 3 is 2.19 bits per heavy atom. The van der Waals surface area contributed by atoms with Gasteiger partial charge in [-0.2, -0.15) is 0 Å². The zero-order valence-electron chi connectivity index (χ0n) is 17.2. The molecule has 0 spiro atoms. The molecule has 2 aliphatic rings. The third-order valence-electron chi connectivity index (χ3n) is 5.42. The van der Waals surface area contributed by atoms with Crippen LogP contribution in [0.4, 0.5) is 11.4 Å². The van der Waals surface area contributed by atoms with Crippen LogP contribution < -0.4 is 15.0 Å². The quantitative estimate of drug-likeness (QED) is 0.399. The number of rotatable bonds is 7. The van der Waals surface area contributed by atoms with E-state index in [4.69, 9.17) is 4.74 Å². The number of hydrogen-bond donors (Lipinski definition) is 1. The monoisotopic (exact) mass is 436 g/mol. The van der Waals surface area contributed by atoms with Gasteiger partial charge in [0.15, 0.2) is 0 Å². The molecule has 0 saturated carbocycles. The van der Waals surface area contributed by atoms with E-state index in [1.165, 1.54) is 16.7 Å². The standard InChI is InChI=1S/C24H24N2O4S/c1-2-30-18-11-7-16(8-12-18)25-22(27)15-31-19-13-9-17(10-14-19)26-23(28)20-5-3-4-6-21(20)24(26)29/h3-4,7-14,20-21H,2,5-6,15H2,1H3,(H,25,27). The molecule has 1 saturated heterocycles. The molecule has 160 valence electrons. The highest BCUT2D eigenvalue weighted by molar-refractivity contribution is 8.00. The fourth-order valence-corrected chi connectivity index (χ4v) is 4.59. The molecule has 2 atom stereocenters. The van der Waals surface area contributed by atoms with Crippen LogP contribution in [0, 0.1) is 11.8 Å². The van der Waals surface area contributed by atoms with Crippen molar-refractivity contribution < 1.29 is 19.1 Å². The van der Waals surface area contributed by atoms with Gasteiger partial charge in [-0.25, -0.2) is 0 Å². The summed E-state index contributed by atoms with van der Waals surface area (Å²) in [5.74, 6) is 0.198. The second-order valence-electron chi connectivity index (χ2n) is 7.46. The lowest BCUT2D eigenvalue weighted by Gasteiger charge is -2.15. The SMILES string of the molecule is CCOc1ccc(NC(=O)CSc2ccc(N3C(=O)C4CC=CCC4C3=O)cc2)cc1. The van der Waals surface area contributed by atoms with Crippen molar-refractivity contribution in [3.63, 3.8) is 0 Å². The molecule has 1 aliphatic carbocycles. The van der Waals surface area contributed by atoms with Crippen molar-refractivity contribution in [1.29, 1.82) is 0 Å². The van der Waals surface area contributed by atoms with Crippen LogP contribution in [0.1, 0.15) is 19.8 Å². The van der Waals surface area contributed by atoms with E-state index in [2.05, 4.69) is 5.32 Å². The number of fused-ring (bicyclic) bond motifs is 1. The van der Waals surface area contributed by atoms with Gasteiger partial charge in [-0.05, 0) is 68.3 Å². The molecule has 6 nitrogen and oxygen atoms in total. The number of carbonyl (C=O) groups excluding carboxylic acids is 3. The molecular formula is C24H24N2O4S. The summed E-state index contributed by atoms with van der Waals surface area (Å²) in [5, 5.41) is 2.86. The summed E-state index contributed by atoms with van der Waals surface area (Å²) in [6.45, 7) is 2.52. The largest absolute Gasteiger partial charge is 0.494 e. The average molecular weight is 437 g/mol. The van der Waals surface area contributed by atoms with E-state index in [1.807, 2.05) is 43.3 Å². The zero-order valence-corrected chi connectivity index (χ0v) is 18.1. The van der Waals surface area contributed by atoms with Crippen LogP contribution in [-0.2, 0) is 14.4 Å². The molecule has 1 heterocycles. The minimum Gasteiger partial charge on any atom is -0.494 e. The number of thioether (sulfide) groups is 1. The number of ether oxygens (including phenoxy) is 1. The van der Waals surface area contributed by atoms with Crippen molar-refractivity contribution in [1.82, 2.24) is 0 Å². The summed E-state index contributed by atoms with van der Waals surface area (Å²) in [6.07, 6.45) is 5.22. The van der Waals surface area contributed by atoms with Gasteiger partial charge >= 0.3 is 0 Å². The van der Waals surface area contributed by atoms with Crippen LogP contribution in [0.3, 0.4) is 0 Å². The van der Waals surface area contributed by atoms with E-state index in [9.17, 15) is 14.4 Å². The van der Waals surface area contributed by atoms with Gasteiger partial charge in [-0.1, -0.05) is 12.2 Å². The first-order valence-electron chi connectivity index (χ1n) is 10.3. The van der Waals surface area contributed by atoms with E-state index in [1.54, 1.807) is 24.3 Å². The van der Waals surface area contributed by atoms with Gasteiger partial charge in [0.05, 0.1) is 29.9 Å². The molecule has 3 amide bonds. The topological polar surface area (TPSA) is 75.7 Å². The first-order valence-corrected chi connectivity index (χ1v) is 11.3. The number of carbonyl (C=O) groups is 3. The average Bonchev–Trinajstić information content (AvgIpc) is 3.05. The Morgan fingerprint density at radius 1 is 1.00 bits per heavy atom. The molecule has 2 unspecified atom stereocenters. The fourth-order valence-electron chi connectivity index (χ4n) is 3.89. The van der Waals surface area contributed by atoms with Gasteiger partial charge in [0.25, 0.3) is 0 Å². The van der Waals surface area contributed by atoms with E-state index in [0.29, 0.717) is 30.8 Å². The second-order valence-corrected chi connectivity index (χ2v) is 8.50. The molecule has 2 aromatic rings. The molecular weight excluding hydrogens is 412 g/mol. The maximum absolute atomic E-state index is 12.7. The van der Waals surface area contributed by atoms with Gasteiger partial charge in [-0.15, -0.1) is 11.8 Å². The highest BCUT2D eigenvalue weighted by Crippen LogP contribution is 2.38. The first kappa shape index (κ1) is 21.2. The molecule has 1 aliphatic heterocycles. The molecule has 7 heteroatoms. The van der Waals surface area contributed by atoms with Crippen LogP contribution >= 0.6 is 11.8 Å². The Balaban J connectivity index is 1.32. The van der Waals surface area contributed by atoms with Gasteiger partial charge in [-0.3, -0.25) is 19.3 Å². The van der Waals surface area contributed by atoms with E-state index >= 15 is 0 Å². The number of allylic oxidation sites excluding steroid dienone is 2. The van der Waals surface area contributed by atoms with Crippen molar-refractivity contribution >= 4 is 40.9 Å². The predicted octanol–water partition coefficient (Wildman–Crippen LogP) is 4.27. The normalized spacial score (nSPS) is 20.0. The smallest absolute Gasteiger partial charge is 0.238 e. The molecule has 2 aromatic carbocycles. The number of anilines is 2. The van der Waals surface area contributed by atoms with E-state index in [-0.39, 0.29) is 35.3 Å². The third-order valence-corrected chi connectivity index (χ3v) is 6.43. The van der Waals surface area contributed by atoms with Gasteiger partial charge in [0, 0.05) is 10.6 Å². The van der Waals surface area contributed by atoms with Crippen LogP contribution in [0.15, 0.2) is 65.6 Å². The number of hydrogen-bond acceptors (Lipinski definition) is 5. The van der Waals surface area contributed by atoms with Gasteiger partial charge in [0.2, 0.25) is 17.7 Å². The van der Waals surface area contributed by atoms with Crippen molar-refractivity contribution in [3.05, 3.63) is 60.7 Å². The third kappa shape index (κ3) is 4.66. The van der Waals surface area contributed by atoms with E-state index < -0.39 is 0 Å². The first-order chi connectivity index (χ1) is 15.1. The summed E-state index contributed by atoms with van der Waals surface area (Å²) >= 11 is 1.40. The maximum atomic E-state index is 12.7. The van der Waals surface area contributed by atoms with Crippen molar-refractivity contribution in [2.45, 2.75) is 24.7 Å². The summed E-state index contributed by atoms with van der Waals surface area (Å²) in [6, 6.07) is 14.5. The Kier molecular flexibility index (Phi) is 6.42. The lowest BCUT2D eigenvalue weighted by atomic mass is 9.85. The molecule has 0 aromatic heterocycles. The number of amides is 3. The Labute approximate surface area is 185 Å². The molecule has 0 bridgehead atoms. The summed E-state index contributed by atoms with van der Waals surface area (Å²) < 4.78 is 5.39. The number of benzene rings is 2. The number of nitrogens with one attached hydrogen (secondary N) is 1. The van der Waals surface area contributed by atoms with E-state index in [0.717, 1.165) is 10.6 Å². The summed E-state index contributed by atoms with van der Waals surface area (Å²) in [7, 11) is 0. The molecule has 4 rings (SSSR count). The van der Waals surface area contributed by atoms with Crippen LogP contribution in [0.5, 0.6) is 5.75 Å². The van der Waals surface area contributed by atoms with Gasteiger partial charge in [0.1, 0.15) is 5.75 Å². The number of nitrogens with zero attached hydrogens (tertiary/aromatic N) is 1. The van der Waals surface area contributed by atoms with Gasteiger partial charge < -0.3 is 10.1 Å². The van der Waals surface area contributed by atoms with Crippen molar-refractivity contribution in [3.8, 4) is 5.75 Å². The molecule has 0 radical (unpaired) electrons. The van der Waals surface area contributed by atoms with Crippen LogP contribution in [-0.4, -0.2) is 30.1 Å². The Bertz CT molecular complexity index is 975. The Morgan fingerprint density at radius 2 is 1.61 bits per heavy atom. The highest BCUT2D eigenvalue weighted by atomic mass is 32.2. The zero-order chi connectivity index (χ0) is 21.8. The molecule has 31 heavy (non-hydrogen) atoms.